The number of ether oxygens (including phenoxy) is 2. The molecule has 1 saturated heterocycles. The number of rotatable bonds is 3. The van der Waals surface area contributed by atoms with Crippen LogP contribution in [0.2, 0.25) is 0 Å². The van der Waals surface area contributed by atoms with Crippen molar-refractivity contribution >= 4 is 0 Å². The van der Waals surface area contributed by atoms with Crippen LogP contribution in [0.4, 0.5) is 0 Å². The molecule has 0 aromatic carbocycles. The van der Waals surface area contributed by atoms with Crippen LogP contribution in [0.3, 0.4) is 0 Å². The summed E-state index contributed by atoms with van der Waals surface area (Å²) in [6.45, 7) is 4.02. The van der Waals surface area contributed by atoms with Gasteiger partial charge in [-0.1, -0.05) is 19.9 Å². The quantitative estimate of drug-likeness (QED) is 0.707. The first-order valence-electron chi connectivity index (χ1n) is 5.98. The molecule has 2 N–H and O–H groups in total. The normalized spacial score (nSPS) is 37.0. The first-order valence-corrected chi connectivity index (χ1v) is 5.98. The lowest BCUT2D eigenvalue weighted by atomic mass is 9.93. The fourth-order valence-corrected chi connectivity index (χ4v) is 2.51. The van der Waals surface area contributed by atoms with Gasteiger partial charge in [0.1, 0.15) is 12.2 Å². The van der Waals surface area contributed by atoms with E-state index in [4.69, 9.17) is 14.6 Å². The summed E-state index contributed by atoms with van der Waals surface area (Å²) in [6.07, 6.45) is 2.82. The first kappa shape index (κ1) is 12.0. The Bertz CT molecular complexity index is 283. The van der Waals surface area contributed by atoms with Crippen molar-refractivity contribution in [3.8, 4) is 0 Å². The molecule has 1 aliphatic heterocycles. The second-order valence-electron chi connectivity index (χ2n) is 4.53. The van der Waals surface area contributed by atoms with Gasteiger partial charge in [-0.25, -0.2) is 0 Å². The van der Waals surface area contributed by atoms with E-state index >= 15 is 0 Å². The Morgan fingerprint density at radius 2 is 2.06 bits per heavy atom. The molecule has 0 aromatic heterocycles. The molecule has 0 aromatic rings. The van der Waals surface area contributed by atoms with E-state index in [1.165, 1.54) is 0 Å². The average Bonchev–Trinajstić information content (AvgIpc) is 2.69. The van der Waals surface area contributed by atoms with E-state index in [9.17, 15) is 5.11 Å². The van der Waals surface area contributed by atoms with Crippen molar-refractivity contribution in [2.24, 2.45) is 0 Å². The van der Waals surface area contributed by atoms with Gasteiger partial charge in [0.2, 0.25) is 0 Å². The van der Waals surface area contributed by atoms with Gasteiger partial charge in [-0.15, -0.1) is 0 Å². The molecule has 0 amide bonds. The smallest absolute Gasteiger partial charge is 0.168 e. The maximum atomic E-state index is 9.91. The lowest BCUT2D eigenvalue weighted by Crippen LogP contribution is -2.38. The monoisotopic (exact) mass is 228 g/mol. The lowest BCUT2D eigenvalue weighted by molar-refractivity contribution is -0.183. The molecule has 0 unspecified atom stereocenters. The zero-order valence-electron chi connectivity index (χ0n) is 9.85. The highest BCUT2D eigenvalue weighted by molar-refractivity contribution is 5.16. The highest BCUT2D eigenvalue weighted by atomic mass is 16.8. The Hall–Kier alpha value is -0.420. The van der Waals surface area contributed by atoms with Gasteiger partial charge in [0.25, 0.3) is 0 Å². The fraction of sp³-hybridized carbons (Fsp3) is 0.833. The summed E-state index contributed by atoms with van der Waals surface area (Å²) < 4.78 is 11.8. The molecule has 16 heavy (non-hydrogen) atoms. The van der Waals surface area contributed by atoms with E-state index < -0.39 is 11.9 Å². The van der Waals surface area contributed by atoms with Gasteiger partial charge in [0.05, 0.1) is 12.7 Å². The molecule has 3 atom stereocenters. The zero-order valence-corrected chi connectivity index (χ0v) is 9.85. The summed E-state index contributed by atoms with van der Waals surface area (Å²) in [7, 11) is 0. The molecule has 92 valence electrons. The summed E-state index contributed by atoms with van der Waals surface area (Å²) in [4.78, 5) is 0. The van der Waals surface area contributed by atoms with Crippen molar-refractivity contribution in [3.05, 3.63) is 11.6 Å². The molecule has 0 saturated carbocycles. The van der Waals surface area contributed by atoms with E-state index in [1.54, 1.807) is 6.08 Å². The van der Waals surface area contributed by atoms with Gasteiger partial charge in [-0.3, -0.25) is 0 Å². The van der Waals surface area contributed by atoms with Crippen molar-refractivity contribution in [3.63, 3.8) is 0 Å². The number of aliphatic hydroxyl groups is 2. The molecular formula is C12H20O4. The van der Waals surface area contributed by atoms with E-state index in [2.05, 4.69) is 0 Å². The third kappa shape index (κ3) is 1.91. The summed E-state index contributed by atoms with van der Waals surface area (Å²) >= 11 is 0. The largest absolute Gasteiger partial charge is 0.392 e. The molecule has 2 aliphatic rings. The molecule has 0 spiro atoms. The number of fused-ring (bicyclic) bond motifs is 1. The van der Waals surface area contributed by atoms with Crippen LogP contribution in [-0.2, 0) is 9.47 Å². The third-order valence-corrected chi connectivity index (χ3v) is 3.57. The molecule has 4 nitrogen and oxygen atoms in total. The number of hydrogen-bond donors (Lipinski definition) is 2. The molecule has 2 rings (SSSR count). The minimum Gasteiger partial charge on any atom is -0.392 e. The minimum absolute atomic E-state index is 0.0190. The molecule has 4 heteroatoms. The Balaban J connectivity index is 2.14. The Labute approximate surface area is 95.9 Å². The molecule has 1 fully saturated rings. The van der Waals surface area contributed by atoms with E-state index in [0.29, 0.717) is 6.42 Å². The Morgan fingerprint density at radius 1 is 1.38 bits per heavy atom. The highest BCUT2D eigenvalue weighted by Crippen LogP contribution is 2.40. The average molecular weight is 228 g/mol. The standard InChI is InChI=1S/C12H20O4/c1-3-12(4-2)15-10-6-8(7-13)5-9(14)11(10)16-12/h5,9-11,13-14H,3-4,6-7H2,1-2H3/t9-,10+,11-/m0/s1. The maximum Gasteiger partial charge on any atom is 0.168 e. The van der Waals surface area contributed by atoms with Gasteiger partial charge in [0.15, 0.2) is 5.79 Å². The van der Waals surface area contributed by atoms with Crippen LogP contribution in [0.25, 0.3) is 0 Å². The van der Waals surface area contributed by atoms with Gasteiger partial charge < -0.3 is 19.7 Å². The van der Waals surface area contributed by atoms with Crippen molar-refractivity contribution in [2.75, 3.05) is 6.61 Å². The van der Waals surface area contributed by atoms with Gasteiger partial charge in [-0.2, -0.15) is 0 Å². The van der Waals surface area contributed by atoms with Crippen LogP contribution >= 0.6 is 0 Å². The van der Waals surface area contributed by atoms with Crippen molar-refractivity contribution in [2.45, 2.75) is 57.2 Å². The lowest BCUT2D eigenvalue weighted by Gasteiger charge is -2.26. The summed E-state index contributed by atoms with van der Waals surface area (Å²) in [5.74, 6) is -0.547. The van der Waals surface area contributed by atoms with E-state index in [0.717, 1.165) is 18.4 Å². The molecule has 1 aliphatic carbocycles. The fourth-order valence-electron chi connectivity index (χ4n) is 2.51. The Kier molecular flexibility index (Phi) is 3.35. The van der Waals surface area contributed by atoms with Crippen molar-refractivity contribution in [1.82, 2.24) is 0 Å². The maximum absolute atomic E-state index is 9.91. The first-order chi connectivity index (χ1) is 7.64. The minimum atomic E-state index is -0.666. The van der Waals surface area contributed by atoms with E-state index in [-0.39, 0.29) is 18.8 Å². The Morgan fingerprint density at radius 3 is 2.62 bits per heavy atom. The van der Waals surface area contributed by atoms with Gasteiger partial charge in [-0.05, 0) is 24.8 Å². The second-order valence-corrected chi connectivity index (χ2v) is 4.53. The van der Waals surface area contributed by atoms with Gasteiger partial charge in [0, 0.05) is 0 Å². The predicted octanol–water partition coefficient (Wildman–Crippen LogP) is 0.970. The number of hydrogen-bond acceptors (Lipinski definition) is 4. The van der Waals surface area contributed by atoms with Crippen LogP contribution in [-0.4, -0.2) is 40.9 Å². The molecular weight excluding hydrogens is 208 g/mol. The summed E-state index contributed by atoms with van der Waals surface area (Å²) in [5, 5.41) is 19.0. The van der Waals surface area contributed by atoms with Crippen molar-refractivity contribution in [1.29, 1.82) is 0 Å². The van der Waals surface area contributed by atoms with Crippen LogP contribution < -0.4 is 0 Å². The topological polar surface area (TPSA) is 58.9 Å². The van der Waals surface area contributed by atoms with E-state index in [1.807, 2.05) is 13.8 Å². The van der Waals surface area contributed by atoms with Gasteiger partial charge >= 0.3 is 0 Å². The number of aliphatic hydroxyl groups excluding tert-OH is 2. The van der Waals surface area contributed by atoms with Crippen LogP contribution in [0, 0.1) is 0 Å². The van der Waals surface area contributed by atoms with Crippen LogP contribution in [0.15, 0.2) is 11.6 Å². The molecule has 1 heterocycles. The highest BCUT2D eigenvalue weighted by Gasteiger charge is 2.49. The third-order valence-electron chi connectivity index (χ3n) is 3.57. The molecule has 0 radical (unpaired) electrons. The SMILES string of the molecule is CCC1(CC)O[C@H]2[C@@H](O)C=C(CO)C[C@H]2O1. The predicted molar refractivity (Wildman–Crippen MR) is 58.9 cm³/mol. The summed E-state index contributed by atoms with van der Waals surface area (Å²) in [5.41, 5.74) is 0.834. The second kappa shape index (κ2) is 4.45. The van der Waals surface area contributed by atoms with Crippen LogP contribution in [0.5, 0.6) is 0 Å². The van der Waals surface area contributed by atoms with Crippen LogP contribution in [0.1, 0.15) is 33.1 Å². The summed E-state index contributed by atoms with van der Waals surface area (Å²) in [6, 6.07) is 0. The zero-order chi connectivity index (χ0) is 11.8. The van der Waals surface area contributed by atoms with Crippen molar-refractivity contribution < 1.29 is 19.7 Å². The molecule has 0 bridgehead atoms.